The lowest BCUT2D eigenvalue weighted by molar-refractivity contribution is -0.179. The first-order valence-corrected chi connectivity index (χ1v) is 7.16. The molecule has 0 bridgehead atoms. The molecule has 0 aromatic heterocycles. The Morgan fingerprint density at radius 1 is 1.15 bits per heavy atom. The molecule has 116 valence electrons. The van der Waals surface area contributed by atoms with Gasteiger partial charge in [-0.3, -0.25) is 0 Å². The van der Waals surface area contributed by atoms with Crippen LogP contribution >= 0.6 is 0 Å². The van der Waals surface area contributed by atoms with Crippen molar-refractivity contribution in [3.8, 4) is 0 Å². The summed E-state index contributed by atoms with van der Waals surface area (Å²) in [4.78, 5) is 23.0. The van der Waals surface area contributed by atoms with Crippen molar-refractivity contribution >= 4 is 11.9 Å². The van der Waals surface area contributed by atoms with Crippen molar-refractivity contribution in [2.75, 3.05) is 6.61 Å². The molecule has 1 aliphatic carbocycles. The van der Waals surface area contributed by atoms with Gasteiger partial charge in [-0.25, -0.2) is 9.59 Å². The summed E-state index contributed by atoms with van der Waals surface area (Å²) in [5, 5.41) is 9.19. The van der Waals surface area contributed by atoms with Crippen LogP contribution in [-0.4, -0.2) is 48.1 Å². The van der Waals surface area contributed by atoms with Gasteiger partial charge in [-0.05, 0) is 40.0 Å². The van der Waals surface area contributed by atoms with Crippen molar-refractivity contribution in [1.29, 1.82) is 0 Å². The highest BCUT2D eigenvalue weighted by atomic mass is 16.6. The molecule has 1 N–H and O–H groups in total. The van der Waals surface area contributed by atoms with Gasteiger partial charge in [0.05, 0.1) is 12.7 Å². The highest BCUT2D eigenvalue weighted by Gasteiger charge is 2.32. The van der Waals surface area contributed by atoms with Crippen LogP contribution in [0.4, 0.5) is 0 Å². The van der Waals surface area contributed by atoms with Crippen molar-refractivity contribution in [3.63, 3.8) is 0 Å². The quantitative estimate of drug-likeness (QED) is 0.739. The maximum absolute atomic E-state index is 11.6. The average Bonchev–Trinajstić information content (AvgIpc) is 2.40. The summed E-state index contributed by atoms with van der Waals surface area (Å²) in [6.07, 6.45) is 0.716. The predicted molar refractivity (Wildman–Crippen MR) is 71.0 cm³/mol. The van der Waals surface area contributed by atoms with E-state index < -0.39 is 30.3 Å². The summed E-state index contributed by atoms with van der Waals surface area (Å²) in [7, 11) is 0. The zero-order chi connectivity index (χ0) is 15.1. The van der Waals surface area contributed by atoms with Gasteiger partial charge in [-0.2, -0.15) is 0 Å². The van der Waals surface area contributed by atoms with Crippen molar-refractivity contribution < 1.29 is 28.9 Å². The van der Waals surface area contributed by atoms with E-state index in [1.165, 1.54) is 6.92 Å². The van der Waals surface area contributed by atoms with Gasteiger partial charge in [0.25, 0.3) is 0 Å². The Kier molecular flexibility index (Phi) is 6.95. The molecule has 3 unspecified atom stereocenters. The third-order valence-electron chi connectivity index (χ3n) is 3.25. The minimum atomic E-state index is -1.15. The maximum Gasteiger partial charge on any atom is 0.335 e. The van der Waals surface area contributed by atoms with Gasteiger partial charge < -0.3 is 19.3 Å². The Morgan fingerprint density at radius 3 is 2.30 bits per heavy atom. The van der Waals surface area contributed by atoms with Gasteiger partial charge in [0.2, 0.25) is 0 Å². The first-order chi connectivity index (χ1) is 9.45. The van der Waals surface area contributed by atoms with E-state index in [9.17, 15) is 14.7 Å². The smallest absolute Gasteiger partial charge is 0.335 e. The lowest BCUT2D eigenvalue weighted by Gasteiger charge is -2.32. The number of hydrogen-bond acceptors (Lipinski definition) is 6. The SMILES string of the molecule is CCOC(=O)C(C)OC1CCCC[C@@H]1OC(=O)C(C)O. The van der Waals surface area contributed by atoms with Crippen LogP contribution in [0.25, 0.3) is 0 Å². The summed E-state index contributed by atoms with van der Waals surface area (Å²) >= 11 is 0. The van der Waals surface area contributed by atoms with E-state index >= 15 is 0 Å². The molecular formula is C14H24O6. The first kappa shape index (κ1) is 16.9. The summed E-state index contributed by atoms with van der Waals surface area (Å²) in [5.74, 6) is -1.08. The van der Waals surface area contributed by atoms with Gasteiger partial charge in [-0.1, -0.05) is 6.42 Å². The van der Waals surface area contributed by atoms with Crippen molar-refractivity contribution in [2.24, 2.45) is 0 Å². The Morgan fingerprint density at radius 2 is 1.75 bits per heavy atom. The van der Waals surface area contributed by atoms with Crippen LogP contribution in [0.1, 0.15) is 46.5 Å². The van der Waals surface area contributed by atoms with Gasteiger partial charge in [0.1, 0.15) is 12.2 Å². The third kappa shape index (κ3) is 5.09. The number of aliphatic hydroxyl groups excluding tert-OH is 1. The van der Waals surface area contributed by atoms with Crippen LogP contribution in [-0.2, 0) is 23.8 Å². The largest absolute Gasteiger partial charge is 0.464 e. The highest BCUT2D eigenvalue weighted by molar-refractivity contribution is 5.74. The summed E-state index contributed by atoms with van der Waals surface area (Å²) < 4.78 is 15.8. The predicted octanol–water partition coefficient (Wildman–Crippen LogP) is 1.19. The number of carbonyl (C=O) groups excluding carboxylic acids is 2. The Balaban J connectivity index is 2.55. The fraction of sp³-hybridized carbons (Fsp3) is 0.857. The molecule has 1 fully saturated rings. The zero-order valence-corrected chi connectivity index (χ0v) is 12.3. The Labute approximate surface area is 119 Å². The second-order valence-corrected chi connectivity index (χ2v) is 5.00. The van der Waals surface area contributed by atoms with Gasteiger partial charge in [0, 0.05) is 0 Å². The number of ether oxygens (including phenoxy) is 3. The van der Waals surface area contributed by atoms with Crippen molar-refractivity contribution in [1.82, 2.24) is 0 Å². The molecule has 1 saturated carbocycles. The van der Waals surface area contributed by atoms with Crippen molar-refractivity contribution in [3.05, 3.63) is 0 Å². The fourth-order valence-electron chi connectivity index (χ4n) is 2.18. The van der Waals surface area contributed by atoms with Crippen LogP contribution in [0.15, 0.2) is 0 Å². The van der Waals surface area contributed by atoms with E-state index in [1.807, 2.05) is 0 Å². The molecule has 0 aliphatic heterocycles. The maximum atomic E-state index is 11.6. The molecule has 0 spiro atoms. The van der Waals surface area contributed by atoms with Crippen LogP contribution in [0.2, 0.25) is 0 Å². The van der Waals surface area contributed by atoms with E-state index in [1.54, 1.807) is 13.8 Å². The molecule has 0 heterocycles. The third-order valence-corrected chi connectivity index (χ3v) is 3.25. The van der Waals surface area contributed by atoms with E-state index in [4.69, 9.17) is 14.2 Å². The van der Waals surface area contributed by atoms with E-state index in [0.717, 1.165) is 19.3 Å². The van der Waals surface area contributed by atoms with Gasteiger partial charge in [0.15, 0.2) is 6.10 Å². The monoisotopic (exact) mass is 288 g/mol. The summed E-state index contributed by atoms with van der Waals surface area (Å²) in [6, 6.07) is 0. The number of rotatable bonds is 6. The molecule has 0 amide bonds. The molecule has 1 aliphatic rings. The minimum absolute atomic E-state index is 0.303. The van der Waals surface area contributed by atoms with Crippen molar-refractivity contribution in [2.45, 2.75) is 70.9 Å². The highest BCUT2D eigenvalue weighted by Crippen LogP contribution is 2.25. The topological polar surface area (TPSA) is 82.1 Å². The molecular weight excluding hydrogens is 264 g/mol. The fourth-order valence-corrected chi connectivity index (χ4v) is 2.18. The molecule has 0 saturated heterocycles. The molecule has 0 radical (unpaired) electrons. The first-order valence-electron chi connectivity index (χ1n) is 7.16. The Hall–Kier alpha value is -1.14. The number of aliphatic hydroxyl groups is 1. The van der Waals surface area contributed by atoms with Crippen LogP contribution in [0, 0.1) is 0 Å². The molecule has 0 aromatic carbocycles. The molecule has 6 heteroatoms. The van der Waals surface area contributed by atoms with Gasteiger partial charge >= 0.3 is 11.9 Å². The zero-order valence-electron chi connectivity index (χ0n) is 12.3. The lowest BCUT2D eigenvalue weighted by Crippen LogP contribution is -2.41. The van der Waals surface area contributed by atoms with Crippen LogP contribution < -0.4 is 0 Å². The van der Waals surface area contributed by atoms with Gasteiger partial charge in [-0.15, -0.1) is 0 Å². The van der Waals surface area contributed by atoms with E-state index in [2.05, 4.69) is 0 Å². The molecule has 6 nitrogen and oxygen atoms in total. The van der Waals surface area contributed by atoms with E-state index in [0.29, 0.717) is 13.0 Å². The van der Waals surface area contributed by atoms with Crippen LogP contribution in [0.5, 0.6) is 0 Å². The summed E-state index contributed by atoms with van der Waals surface area (Å²) in [6.45, 7) is 5.03. The number of carbonyl (C=O) groups is 2. The van der Waals surface area contributed by atoms with Crippen LogP contribution in [0.3, 0.4) is 0 Å². The molecule has 4 atom stereocenters. The molecule has 1 rings (SSSR count). The minimum Gasteiger partial charge on any atom is -0.464 e. The normalized spacial score (nSPS) is 25.6. The number of hydrogen-bond donors (Lipinski definition) is 1. The second-order valence-electron chi connectivity index (χ2n) is 5.00. The number of esters is 2. The average molecular weight is 288 g/mol. The molecule has 20 heavy (non-hydrogen) atoms. The molecule has 0 aromatic rings. The lowest BCUT2D eigenvalue weighted by atomic mass is 9.94. The standard InChI is InChI=1S/C14H24O6/c1-4-18-14(17)10(3)19-11-7-5-6-8-12(11)20-13(16)9(2)15/h9-12,15H,4-8H2,1-3H3/t9?,10?,11?,12-/m0/s1. The second kappa shape index (κ2) is 8.21. The Bertz CT molecular complexity index is 328. The summed E-state index contributed by atoms with van der Waals surface area (Å²) in [5.41, 5.74) is 0. The van der Waals surface area contributed by atoms with E-state index in [-0.39, 0.29) is 6.10 Å².